The maximum absolute atomic E-state index is 12.1. The van der Waals surface area contributed by atoms with Gasteiger partial charge >= 0.3 is 0 Å². The van der Waals surface area contributed by atoms with Gasteiger partial charge in [-0.25, -0.2) is 8.42 Å². The molecule has 1 saturated heterocycles. The lowest BCUT2D eigenvalue weighted by molar-refractivity contribution is 0.0572. The van der Waals surface area contributed by atoms with E-state index in [1.54, 1.807) is 6.07 Å². The standard InChI is InChI=1S/C10H12ClNO4S/c11-7-2-1-3-8(4-7)17(15,16)12-5-9(13)10(14)6-12/h1-4,9-10,13-14H,5-6H2. The maximum atomic E-state index is 12.1. The number of aliphatic hydroxyl groups is 2. The summed E-state index contributed by atoms with van der Waals surface area (Å²) >= 11 is 5.73. The minimum absolute atomic E-state index is 0.0614. The van der Waals surface area contributed by atoms with Crippen molar-refractivity contribution in [3.63, 3.8) is 0 Å². The average molecular weight is 278 g/mol. The molecular formula is C10H12ClNO4S. The Hall–Kier alpha value is -0.660. The molecule has 5 nitrogen and oxygen atoms in total. The van der Waals surface area contributed by atoms with Gasteiger partial charge in [-0.2, -0.15) is 4.31 Å². The predicted molar refractivity (Wildman–Crippen MR) is 62.2 cm³/mol. The van der Waals surface area contributed by atoms with E-state index < -0.39 is 22.2 Å². The van der Waals surface area contributed by atoms with Crippen LogP contribution in [0.15, 0.2) is 29.2 Å². The summed E-state index contributed by atoms with van der Waals surface area (Å²) in [6.45, 7) is -0.202. The normalized spacial score (nSPS) is 26.3. The van der Waals surface area contributed by atoms with Gasteiger partial charge in [-0.05, 0) is 18.2 Å². The fourth-order valence-corrected chi connectivity index (χ4v) is 3.49. The Morgan fingerprint density at radius 2 is 1.82 bits per heavy atom. The number of benzene rings is 1. The molecule has 0 spiro atoms. The number of sulfonamides is 1. The smallest absolute Gasteiger partial charge is 0.243 e. The fourth-order valence-electron chi connectivity index (χ4n) is 1.71. The first kappa shape index (κ1) is 12.8. The third-order valence-corrected chi connectivity index (χ3v) is 4.72. The van der Waals surface area contributed by atoms with Gasteiger partial charge in [0, 0.05) is 18.1 Å². The van der Waals surface area contributed by atoms with Crippen molar-refractivity contribution in [3.8, 4) is 0 Å². The van der Waals surface area contributed by atoms with Crippen LogP contribution in [0.2, 0.25) is 5.02 Å². The monoisotopic (exact) mass is 277 g/mol. The Morgan fingerprint density at radius 3 is 2.35 bits per heavy atom. The van der Waals surface area contributed by atoms with Gasteiger partial charge in [0.05, 0.1) is 17.1 Å². The van der Waals surface area contributed by atoms with Gasteiger partial charge in [0.15, 0.2) is 0 Å². The molecule has 1 aromatic carbocycles. The molecule has 1 aromatic rings. The second-order valence-electron chi connectivity index (χ2n) is 3.91. The van der Waals surface area contributed by atoms with Gasteiger partial charge in [0.2, 0.25) is 10.0 Å². The molecule has 0 radical (unpaired) electrons. The van der Waals surface area contributed by atoms with E-state index >= 15 is 0 Å². The third-order valence-electron chi connectivity index (χ3n) is 2.66. The molecule has 0 aromatic heterocycles. The van der Waals surface area contributed by atoms with E-state index in [2.05, 4.69) is 0 Å². The molecule has 2 atom stereocenters. The number of halogens is 1. The summed E-state index contributed by atoms with van der Waals surface area (Å²) in [5.74, 6) is 0. The molecule has 2 unspecified atom stereocenters. The molecule has 1 aliphatic rings. The highest BCUT2D eigenvalue weighted by atomic mass is 35.5. The van der Waals surface area contributed by atoms with E-state index in [0.717, 1.165) is 4.31 Å². The van der Waals surface area contributed by atoms with Crippen molar-refractivity contribution in [1.82, 2.24) is 4.31 Å². The zero-order valence-electron chi connectivity index (χ0n) is 8.82. The van der Waals surface area contributed by atoms with Crippen LogP contribution in [0.3, 0.4) is 0 Å². The van der Waals surface area contributed by atoms with E-state index in [1.165, 1.54) is 18.2 Å². The van der Waals surface area contributed by atoms with Crippen LogP contribution in [-0.4, -0.2) is 48.2 Å². The molecule has 0 aliphatic carbocycles. The maximum Gasteiger partial charge on any atom is 0.243 e. The van der Waals surface area contributed by atoms with Gasteiger partial charge in [0.25, 0.3) is 0 Å². The molecule has 2 N–H and O–H groups in total. The highest BCUT2D eigenvalue weighted by molar-refractivity contribution is 7.89. The largest absolute Gasteiger partial charge is 0.389 e. The third kappa shape index (κ3) is 2.46. The summed E-state index contributed by atoms with van der Waals surface area (Å²) in [6, 6.07) is 5.89. The quantitative estimate of drug-likeness (QED) is 0.802. The van der Waals surface area contributed by atoms with Gasteiger partial charge in [-0.1, -0.05) is 17.7 Å². The fraction of sp³-hybridized carbons (Fsp3) is 0.400. The lowest BCUT2D eigenvalue weighted by atomic mass is 10.3. The minimum atomic E-state index is -3.70. The SMILES string of the molecule is O=S(=O)(c1cccc(Cl)c1)N1CC(O)C(O)C1. The summed E-state index contributed by atoms with van der Waals surface area (Å²) in [4.78, 5) is 0.0614. The Balaban J connectivity index is 2.32. The summed E-state index contributed by atoms with van der Waals surface area (Å²) in [5, 5.41) is 19.0. The molecule has 17 heavy (non-hydrogen) atoms. The van der Waals surface area contributed by atoms with Gasteiger partial charge in [-0.15, -0.1) is 0 Å². The average Bonchev–Trinajstić information content (AvgIpc) is 2.60. The van der Waals surface area contributed by atoms with Crippen LogP contribution in [0.1, 0.15) is 0 Å². The van der Waals surface area contributed by atoms with Crippen molar-refractivity contribution in [1.29, 1.82) is 0 Å². The van der Waals surface area contributed by atoms with Crippen molar-refractivity contribution >= 4 is 21.6 Å². The van der Waals surface area contributed by atoms with E-state index in [9.17, 15) is 18.6 Å². The Morgan fingerprint density at radius 1 is 1.24 bits per heavy atom. The van der Waals surface area contributed by atoms with Gasteiger partial charge < -0.3 is 10.2 Å². The summed E-state index contributed by atoms with van der Waals surface area (Å²) in [5.41, 5.74) is 0. The first-order chi connectivity index (χ1) is 7.91. The first-order valence-electron chi connectivity index (χ1n) is 5.03. The molecular weight excluding hydrogens is 266 g/mol. The van der Waals surface area contributed by atoms with E-state index in [-0.39, 0.29) is 18.0 Å². The van der Waals surface area contributed by atoms with Gasteiger partial charge in [-0.3, -0.25) is 0 Å². The molecule has 1 aliphatic heterocycles. The molecule has 1 heterocycles. The van der Waals surface area contributed by atoms with Crippen LogP contribution in [0.4, 0.5) is 0 Å². The van der Waals surface area contributed by atoms with Crippen LogP contribution in [-0.2, 0) is 10.0 Å². The second-order valence-corrected chi connectivity index (χ2v) is 6.29. The number of aliphatic hydroxyl groups excluding tert-OH is 2. The Bertz CT molecular complexity index is 509. The zero-order chi connectivity index (χ0) is 12.6. The molecule has 0 amide bonds. The molecule has 0 saturated carbocycles. The molecule has 1 fully saturated rings. The topological polar surface area (TPSA) is 77.8 Å². The van der Waals surface area contributed by atoms with Crippen LogP contribution in [0, 0.1) is 0 Å². The predicted octanol–water partition coefficient (Wildman–Crippen LogP) is 0.0661. The number of rotatable bonds is 2. The van der Waals surface area contributed by atoms with Crippen LogP contribution in [0.25, 0.3) is 0 Å². The van der Waals surface area contributed by atoms with E-state index in [0.29, 0.717) is 5.02 Å². The highest BCUT2D eigenvalue weighted by Crippen LogP contribution is 2.23. The first-order valence-corrected chi connectivity index (χ1v) is 6.85. The molecule has 7 heteroatoms. The summed E-state index contributed by atoms with van der Waals surface area (Å²) in [7, 11) is -3.70. The number of nitrogens with zero attached hydrogens (tertiary/aromatic N) is 1. The lowest BCUT2D eigenvalue weighted by Gasteiger charge is -2.15. The molecule has 2 rings (SSSR count). The number of β-amino-alcohol motifs (C(OH)–C–C–N with tert-alkyl or cyclic N) is 2. The van der Waals surface area contributed by atoms with Gasteiger partial charge in [0.1, 0.15) is 0 Å². The summed E-state index contributed by atoms with van der Waals surface area (Å²) < 4.78 is 25.3. The van der Waals surface area contributed by atoms with Crippen molar-refractivity contribution < 1.29 is 18.6 Å². The Kier molecular flexibility index (Phi) is 3.42. The van der Waals surface area contributed by atoms with Crippen LogP contribution in [0.5, 0.6) is 0 Å². The second kappa shape index (κ2) is 4.55. The molecule has 94 valence electrons. The zero-order valence-corrected chi connectivity index (χ0v) is 10.4. The lowest BCUT2D eigenvalue weighted by Crippen LogP contribution is -2.29. The van der Waals surface area contributed by atoms with Crippen molar-refractivity contribution in [2.45, 2.75) is 17.1 Å². The van der Waals surface area contributed by atoms with E-state index in [4.69, 9.17) is 11.6 Å². The summed E-state index contributed by atoms with van der Waals surface area (Å²) in [6.07, 6.45) is -2.08. The van der Waals surface area contributed by atoms with E-state index in [1.807, 2.05) is 0 Å². The Labute approximate surface area is 104 Å². The number of hydrogen-bond acceptors (Lipinski definition) is 4. The molecule has 0 bridgehead atoms. The van der Waals surface area contributed by atoms with Crippen LogP contribution < -0.4 is 0 Å². The van der Waals surface area contributed by atoms with Crippen molar-refractivity contribution in [2.75, 3.05) is 13.1 Å². The van der Waals surface area contributed by atoms with Crippen LogP contribution >= 0.6 is 11.6 Å². The minimum Gasteiger partial charge on any atom is -0.389 e. The number of hydrogen-bond donors (Lipinski definition) is 2. The van der Waals surface area contributed by atoms with Crippen molar-refractivity contribution in [2.24, 2.45) is 0 Å². The van der Waals surface area contributed by atoms with Crippen molar-refractivity contribution in [3.05, 3.63) is 29.3 Å². The highest BCUT2D eigenvalue weighted by Gasteiger charge is 2.37.